The molecule has 2 rings (SSSR count). The minimum absolute atomic E-state index is 0.0448. The summed E-state index contributed by atoms with van der Waals surface area (Å²) in [4.78, 5) is 11.9. The summed E-state index contributed by atoms with van der Waals surface area (Å²) in [7, 11) is 3.22. The van der Waals surface area contributed by atoms with Gasteiger partial charge in [0.2, 0.25) is 5.91 Å². The van der Waals surface area contributed by atoms with E-state index in [0.717, 1.165) is 17.2 Å². The fourth-order valence-corrected chi connectivity index (χ4v) is 2.02. The van der Waals surface area contributed by atoms with Crippen LogP contribution in [0.15, 0.2) is 48.5 Å². The van der Waals surface area contributed by atoms with E-state index in [2.05, 4.69) is 5.32 Å². The molecule has 0 heterocycles. The van der Waals surface area contributed by atoms with Crippen LogP contribution in [0.4, 0.5) is 5.69 Å². The number of hydrogen-bond donors (Lipinski definition) is 1. The quantitative estimate of drug-likeness (QED) is 0.758. The first-order chi connectivity index (χ1) is 11.2. The highest BCUT2D eigenvalue weighted by atomic mass is 16.5. The van der Waals surface area contributed by atoms with Gasteiger partial charge in [-0.25, -0.2) is 0 Å². The van der Waals surface area contributed by atoms with E-state index in [-0.39, 0.29) is 5.91 Å². The Hall–Kier alpha value is -2.69. The smallest absolute Gasteiger partial charge is 0.224 e. The van der Waals surface area contributed by atoms with Gasteiger partial charge in [0, 0.05) is 18.2 Å². The van der Waals surface area contributed by atoms with Crippen molar-refractivity contribution in [3.05, 3.63) is 48.5 Å². The van der Waals surface area contributed by atoms with Crippen LogP contribution in [-0.4, -0.2) is 26.7 Å². The Balaban J connectivity index is 1.69. The minimum Gasteiger partial charge on any atom is -0.497 e. The van der Waals surface area contributed by atoms with Crippen LogP contribution in [0, 0.1) is 0 Å². The molecule has 1 N–H and O–H groups in total. The molecule has 23 heavy (non-hydrogen) atoms. The van der Waals surface area contributed by atoms with Gasteiger partial charge in [-0.05, 0) is 42.8 Å². The number of ether oxygens (including phenoxy) is 3. The van der Waals surface area contributed by atoms with Crippen LogP contribution < -0.4 is 19.5 Å². The fraction of sp³-hybridized carbons (Fsp3) is 0.278. The zero-order valence-corrected chi connectivity index (χ0v) is 13.4. The molecule has 0 saturated carbocycles. The molecule has 1 amide bonds. The van der Waals surface area contributed by atoms with E-state index in [9.17, 15) is 4.79 Å². The molecule has 5 heteroatoms. The first-order valence-corrected chi connectivity index (χ1v) is 7.42. The second-order valence-electron chi connectivity index (χ2n) is 4.91. The maximum Gasteiger partial charge on any atom is 0.224 e. The van der Waals surface area contributed by atoms with E-state index in [1.165, 1.54) is 0 Å². The average molecular weight is 315 g/mol. The molecule has 0 aromatic heterocycles. The third kappa shape index (κ3) is 5.54. The van der Waals surface area contributed by atoms with Crippen LogP contribution in [0.1, 0.15) is 12.8 Å². The molecule has 0 aliphatic rings. The predicted octanol–water partition coefficient (Wildman–Crippen LogP) is 3.50. The van der Waals surface area contributed by atoms with Gasteiger partial charge in [0.05, 0.1) is 20.8 Å². The summed E-state index contributed by atoms with van der Waals surface area (Å²) < 4.78 is 15.8. The number of carbonyl (C=O) groups excluding carboxylic acids is 1. The van der Waals surface area contributed by atoms with Gasteiger partial charge in [-0.3, -0.25) is 4.79 Å². The van der Waals surface area contributed by atoms with Crippen molar-refractivity contribution in [2.75, 3.05) is 26.1 Å². The molecular formula is C18H21NO4. The Kier molecular flexibility index (Phi) is 6.29. The zero-order chi connectivity index (χ0) is 16.5. The summed E-state index contributed by atoms with van der Waals surface area (Å²) in [6, 6.07) is 14.6. The summed E-state index contributed by atoms with van der Waals surface area (Å²) in [5.74, 6) is 2.22. The van der Waals surface area contributed by atoms with Crippen LogP contribution in [0.25, 0.3) is 0 Å². The van der Waals surface area contributed by atoms with Crippen LogP contribution >= 0.6 is 0 Å². The van der Waals surface area contributed by atoms with Gasteiger partial charge in [-0.1, -0.05) is 6.07 Å². The largest absolute Gasteiger partial charge is 0.497 e. The lowest BCUT2D eigenvalue weighted by Gasteiger charge is -2.08. The molecule has 0 aliphatic carbocycles. The van der Waals surface area contributed by atoms with E-state index in [4.69, 9.17) is 14.2 Å². The van der Waals surface area contributed by atoms with Gasteiger partial charge >= 0.3 is 0 Å². The number of carbonyl (C=O) groups is 1. The molecule has 2 aromatic rings. The number of anilines is 1. The van der Waals surface area contributed by atoms with E-state index in [0.29, 0.717) is 25.2 Å². The lowest BCUT2D eigenvalue weighted by atomic mass is 10.2. The van der Waals surface area contributed by atoms with Crippen molar-refractivity contribution >= 4 is 11.6 Å². The fourth-order valence-electron chi connectivity index (χ4n) is 2.02. The number of nitrogens with one attached hydrogen (secondary N) is 1. The lowest BCUT2D eigenvalue weighted by Crippen LogP contribution is -2.12. The minimum atomic E-state index is -0.0448. The SMILES string of the molecule is COc1ccc(OCCCC(=O)Nc2cccc(OC)c2)cc1. The predicted molar refractivity (Wildman–Crippen MR) is 89.3 cm³/mol. The number of amides is 1. The topological polar surface area (TPSA) is 56.8 Å². The average Bonchev–Trinajstić information content (AvgIpc) is 2.59. The monoisotopic (exact) mass is 315 g/mol. The van der Waals surface area contributed by atoms with Gasteiger partial charge in [-0.15, -0.1) is 0 Å². The number of methoxy groups -OCH3 is 2. The van der Waals surface area contributed by atoms with Crippen molar-refractivity contribution in [1.29, 1.82) is 0 Å². The summed E-state index contributed by atoms with van der Waals surface area (Å²) in [5, 5.41) is 2.84. The first kappa shape index (κ1) is 16.7. The van der Waals surface area contributed by atoms with Gasteiger partial charge in [0.15, 0.2) is 0 Å². The third-order valence-corrected chi connectivity index (χ3v) is 3.23. The summed E-state index contributed by atoms with van der Waals surface area (Å²) in [5.41, 5.74) is 0.727. The van der Waals surface area contributed by atoms with Crippen molar-refractivity contribution in [3.63, 3.8) is 0 Å². The maximum absolute atomic E-state index is 11.9. The van der Waals surface area contributed by atoms with Crippen molar-refractivity contribution in [2.24, 2.45) is 0 Å². The number of benzene rings is 2. The van der Waals surface area contributed by atoms with Crippen LogP contribution in [0.5, 0.6) is 17.2 Å². The van der Waals surface area contributed by atoms with E-state index >= 15 is 0 Å². The van der Waals surface area contributed by atoms with E-state index in [1.807, 2.05) is 42.5 Å². The standard InChI is InChI=1S/C18H21NO4/c1-21-15-8-10-16(11-9-15)23-12-4-7-18(20)19-14-5-3-6-17(13-14)22-2/h3,5-6,8-11,13H,4,7,12H2,1-2H3,(H,19,20). The van der Waals surface area contributed by atoms with Crippen LogP contribution in [0.2, 0.25) is 0 Å². The van der Waals surface area contributed by atoms with Gasteiger partial charge < -0.3 is 19.5 Å². The Bertz CT molecular complexity index is 625. The van der Waals surface area contributed by atoms with E-state index in [1.54, 1.807) is 20.3 Å². The molecule has 0 aliphatic heterocycles. The Morgan fingerprint density at radius 1 is 0.957 bits per heavy atom. The molecule has 0 saturated heterocycles. The first-order valence-electron chi connectivity index (χ1n) is 7.42. The Morgan fingerprint density at radius 3 is 2.35 bits per heavy atom. The zero-order valence-electron chi connectivity index (χ0n) is 13.4. The summed E-state index contributed by atoms with van der Waals surface area (Å²) in [6.45, 7) is 0.484. The van der Waals surface area contributed by atoms with Gasteiger partial charge in [0.1, 0.15) is 17.2 Å². The summed E-state index contributed by atoms with van der Waals surface area (Å²) in [6.07, 6.45) is 1.04. The van der Waals surface area contributed by atoms with Crippen molar-refractivity contribution in [1.82, 2.24) is 0 Å². The maximum atomic E-state index is 11.9. The molecule has 0 atom stereocenters. The Morgan fingerprint density at radius 2 is 1.65 bits per heavy atom. The molecule has 0 bridgehead atoms. The second-order valence-corrected chi connectivity index (χ2v) is 4.91. The van der Waals surface area contributed by atoms with Crippen molar-refractivity contribution in [2.45, 2.75) is 12.8 Å². The van der Waals surface area contributed by atoms with Crippen molar-refractivity contribution in [3.8, 4) is 17.2 Å². The van der Waals surface area contributed by atoms with Gasteiger partial charge in [0.25, 0.3) is 0 Å². The lowest BCUT2D eigenvalue weighted by molar-refractivity contribution is -0.116. The Labute approximate surface area is 136 Å². The molecule has 2 aromatic carbocycles. The normalized spacial score (nSPS) is 10.0. The highest BCUT2D eigenvalue weighted by molar-refractivity contribution is 5.90. The molecule has 0 spiro atoms. The number of rotatable bonds is 8. The molecular weight excluding hydrogens is 294 g/mol. The molecule has 5 nitrogen and oxygen atoms in total. The van der Waals surface area contributed by atoms with E-state index < -0.39 is 0 Å². The summed E-state index contributed by atoms with van der Waals surface area (Å²) >= 11 is 0. The number of hydrogen-bond acceptors (Lipinski definition) is 4. The molecule has 122 valence electrons. The highest BCUT2D eigenvalue weighted by Gasteiger charge is 2.04. The van der Waals surface area contributed by atoms with Crippen LogP contribution in [0.3, 0.4) is 0 Å². The molecule has 0 radical (unpaired) electrons. The van der Waals surface area contributed by atoms with Gasteiger partial charge in [-0.2, -0.15) is 0 Å². The second kappa shape index (κ2) is 8.68. The molecule has 0 unspecified atom stereocenters. The molecule has 0 fully saturated rings. The highest BCUT2D eigenvalue weighted by Crippen LogP contribution is 2.18. The van der Waals surface area contributed by atoms with Crippen LogP contribution in [-0.2, 0) is 4.79 Å². The third-order valence-electron chi connectivity index (χ3n) is 3.23. The van der Waals surface area contributed by atoms with Crippen molar-refractivity contribution < 1.29 is 19.0 Å².